The van der Waals surface area contributed by atoms with E-state index in [1.807, 2.05) is 4.72 Å². The van der Waals surface area contributed by atoms with Crippen LogP contribution in [0, 0.1) is 0 Å². The minimum atomic E-state index is -4.88. The van der Waals surface area contributed by atoms with Gasteiger partial charge in [-0.1, -0.05) is 36.4 Å². The third-order valence-electron chi connectivity index (χ3n) is 4.36. The lowest BCUT2D eigenvalue weighted by Crippen LogP contribution is -2.44. The van der Waals surface area contributed by atoms with Crippen LogP contribution in [0.15, 0.2) is 53.4 Å². The molecule has 0 aliphatic carbocycles. The number of sulfonamides is 2. The van der Waals surface area contributed by atoms with E-state index in [1.165, 1.54) is 14.0 Å². The molecule has 8 nitrogen and oxygen atoms in total. The van der Waals surface area contributed by atoms with E-state index in [-0.39, 0.29) is 12.3 Å². The molecule has 0 bridgehead atoms. The van der Waals surface area contributed by atoms with Gasteiger partial charge in [0.15, 0.2) is 0 Å². The van der Waals surface area contributed by atoms with Gasteiger partial charge in [-0.25, -0.2) is 21.6 Å². The fourth-order valence-corrected chi connectivity index (χ4v) is 4.88. The predicted octanol–water partition coefficient (Wildman–Crippen LogP) is 1.74. The summed E-state index contributed by atoms with van der Waals surface area (Å²) in [5.74, 6) is -0.964. The molecule has 0 radical (unpaired) electrons. The first-order valence-corrected chi connectivity index (χ1v) is 12.3. The number of halogens is 3. The Bertz CT molecular complexity index is 1170. The minimum absolute atomic E-state index is 0.00307. The minimum Gasteiger partial charge on any atom is -0.351 e. The van der Waals surface area contributed by atoms with E-state index in [0.717, 1.165) is 18.2 Å². The van der Waals surface area contributed by atoms with Crippen LogP contribution in [0.5, 0.6) is 0 Å². The van der Waals surface area contributed by atoms with Crippen molar-refractivity contribution in [3.63, 3.8) is 0 Å². The monoisotopic (exact) mass is 493 g/mol. The fourth-order valence-electron chi connectivity index (χ4n) is 2.67. The highest BCUT2D eigenvalue weighted by atomic mass is 32.2. The summed E-state index contributed by atoms with van der Waals surface area (Å²) in [5.41, 5.74) is -0.194. The van der Waals surface area contributed by atoms with Crippen molar-refractivity contribution in [2.24, 2.45) is 0 Å². The van der Waals surface area contributed by atoms with E-state index in [9.17, 15) is 34.8 Å². The number of alkyl halides is 3. The molecule has 0 aromatic heterocycles. The Morgan fingerprint density at radius 2 is 1.53 bits per heavy atom. The molecule has 0 fully saturated rings. The molecule has 1 atom stereocenters. The lowest BCUT2D eigenvalue weighted by Gasteiger charge is -2.17. The van der Waals surface area contributed by atoms with E-state index in [2.05, 4.69) is 10.0 Å². The Balaban J connectivity index is 2.02. The van der Waals surface area contributed by atoms with Gasteiger partial charge in [-0.3, -0.25) is 4.79 Å². The highest BCUT2D eigenvalue weighted by Crippen LogP contribution is 2.33. The van der Waals surface area contributed by atoms with Gasteiger partial charge < -0.3 is 5.32 Å². The van der Waals surface area contributed by atoms with Crippen molar-refractivity contribution in [2.45, 2.75) is 36.3 Å². The van der Waals surface area contributed by atoms with E-state index in [1.54, 1.807) is 24.3 Å². The van der Waals surface area contributed by atoms with Gasteiger partial charge in [-0.15, -0.1) is 0 Å². The van der Waals surface area contributed by atoms with Crippen molar-refractivity contribution in [1.29, 1.82) is 0 Å². The molecule has 1 amide bonds. The lowest BCUT2D eigenvalue weighted by atomic mass is 10.1. The first-order valence-electron chi connectivity index (χ1n) is 9.20. The normalized spacial score (nSPS) is 13.5. The molecule has 0 saturated carbocycles. The van der Waals surface area contributed by atoms with Gasteiger partial charge in [0.2, 0.25) is 26.0 Å². The van der Waals surface area contributed by atoms with Crippen LogP contribution in [0.3, 0.4) is 0 Å². The summed E-state index contributed by atoms with van der Waals surface area (Å²) in [4.78, 5) is 11.3. The van der Waals surface area contributed by atoms with Crippen LogP contribution in [0.4, 0.5) is 13.2 Å². The Morgan fingerprint density at radius 1 is 0.969 bits per heavy atom. The van der Waals surface area contributed by atoms with E-state index >= 15 is 0 Å². The molecular weight excluding hydrogens is 471 g/mol. The largest absolute Gasteiger partial charge is 0.417 e. The van der Waals surface area contributed by atoms with Crippen LogP contribution >= 0.6 is 0 Å². The van der Waals surface area contributed by atoms with Gasteiger partial charge in [0, 0.05) is 6.54 Å². The lowest BCUT2D eigenvalue weighted by molar-refractivity contribution is -0.139. The molecule has 2 aromatic carbocycles. The third-order valence-corrected chi connectivity index (χ3v) is 7.30. The van der Waals surface area contributed by atoms with Crippen LogP contribution < -0.4 is 14.8 Å². The van der Waals surface area contributed by atoms with E-state index in [4.69, 9.17) is 0 Å². The number of carbonyl (C=O) groups is 1. The second kappa shape index (κ2) is 9.98. The standard InChI is InChI=1S/C19H22F3N3O5S2/c1-13(25-32(29,30)17-6-4-3-5-16(17)19(20,21)22)18(26)24-11-14-7-9-15(10-8-14)12-31(27,28)23-2/h3-10,13,23,25H,11-12H2,1-2H3,(H,24,26)/t13-/m0/s1. The average molecular weight is 494 g/mol. The maximum atomic E-state index is 13.1. The Morgan fingerprint density at radius 3 is 2.09 bits per heavy atom. The Labute approximate surface area is 184 Å². The van der Waals surface area contributed by atoms with Crippen molar-refractivity contribution in [2.75, 3.05) is 7.05 Å². The summed E-state index contributed by atoms with van der Waals surface area (Å²) in [7, 11) is -6.75. The zero-order chi connectivity index (χ0) is 24.2. The molecule has 0 aliphatic rings. The molecule has 0 aliphatic heterocycles. The maximum Gasteiger partial charge on any atom is 0.417 e. The number of amides is 1. The van der Waals surface area contributed by atoms with Crippen LogP contribution in [-0.2, 0) is 43.3 Å². The van der Waals surface area contributed by atoms with E-state index < -0.39 is 48.6 Å². The summed E-state index contributed by atoms with van der Waals surface area (Å²) < 4.78 is 91.4. The zero-order valence-electron chi connectivity index (χ0n) is 17.1. The number of carbonyl (C=O) groups excluding carboxylic acids is 1. The molecule has 0 saturated heterocycles. The molecule has 0 heterocycles. The molecule has 0 spiro atoms. The molecule has 3 N–H and O–H groups in total. The first kappa shape index (κ1) is 25.8. The second-order valence-electron chi connectivity index (χ2n) is 6.83. The summed E-state index contributed by atoms with van der Waals surface area (Å²) in [6, 6.07) is 8.65. The fraction of sp³-hybridized carbons (Fsp3) is 0.316. The van der Waals surface area contributed by atoms with Crippen LogP contribution in [0.1, 0.15) is 23.6 Å². The highest BCUT2D eigenvalue weighted by Gasteiger charge is 2.37. The Kier molecular flexibility index (Phi) is 8.04. The number of rotatable bonds is 9. The zero-order valence-corrected chi connectivity index (χ0v) is 18.7. The molecule has 2 aromatic rings. The van der Waals surface area contributed by atoms with Gasteiger partial charge in [0.1, 0.15) is 0 Å². The van der Waals surface area contributed by atoms with Gasteiger partial charge in [-0.05, 0) is 37.2 Å². The van der Waals surface area contributed by atoms with Crippen molar-refractivity contribution in [3.05, 3.63) is 65.2 Å². The number of hydrogen-bond acceptors (Lipinski definition) is 5. The smallest absolute Gasteiger partial charge is 0.351 e. The molecule has 0 unspecified atom stereocenters. The SMILES string of the molecule is CNS(=O)(=O)Cc1ccc(CNC(=O)[C@H](C)NS(=O)(=O)c2ccccc2C(F)(F)F)cc1. The van der Waals surface area contributed by atoms with Gasteiger partial charge >= 0.3 is 6.18 Å². The second-order valence-corrected chi connectivity index (χ2v) is 10.4. The molecule has 32 heavy (non-hydrogen) atoms. The van der Waals surface area contributed by atoms with Crippen LogP contribution in [0.25, 0.3) is 0 Å². The Hall–Kier alpha value is -2.48. The summed E-state index contributed by atoms with van der Waals surface area (Å²) in [6.45, 7) is 1.21. The number of nitrogens with one attached hydrogen (secondary N) is 3. The molecule has 2 rings (SSSR count). The summed E-state index contributed by atoms with van der Waals surface area (Å²) in [5, 5.41) is 2.48. The molecular formula is C19H22F3N3O5S2. The summed E-state index contributed by atoms with van der Waals surface area (Å²) >= 11 is 0. The average Bonchev–Trinajstić information content (AvgIpc) is 2.72. The topological polar surface area (TPSA) is 121 Å². The van der Waals surface area contributed by atoms with Crippen molar-refractivity contribution in [3.8, 4) is 0 Å². The van der Waals surface area contributed by atoms with Gasteiger partial charge in [0.05, 0.1) is 22.3 Å². The van der Waals surface area contributed by atoms with Crippen LogP contribution in [0.2, 0.25) is 0 Å². The number of hydrogen-bond donors (Lipinski definition) is 3. The van der Waals surface area contributed by atoms with Crippen molar-refractivity contribution in [1.82, 2.24) is 14.8 Å². The van der Waals surface area contributed by atoms with Gasteiger partial charge in [-0.2, -0.15) is 17.9 Å². The highest BCUT2D eigenvalue weighted by molar-refractivity contribution is 7.89. The van der Waals surface area contributed by atoms with Gasteiger partial charge in [0.25, 0.3) is 0 Å². The van der Waals surface area contributed by atoms with Crippen molar-refractivity contribution < 1.29 is 34.8 Å². The quantitative estimate of drug-likeness (QED) is 0.491. The summed E-state index contributed by atoms with van der Waals surface area (Å²) in [6.07, 6.45) is -4.88. The van der Waals surface area contributed by atoms with Crippen LogP contribution in [-0.4, -0.2) is 35.8 Å². The van der Waals surface area contributed by atoms with E-state index in [0.29, 0.717) is 17.2 Å². The molecule has 176 valence electrons. The molecule has 13 heteroatoms. The maximum absolute atomic E-state index is 13.1. The predicted molar refractivity (Wildman–Crippen MR) is 111 cm³/mol. The van der Waals surface area contributed by atoms with Crippen molar-refractivity contribution >= 4 is 26.0 Å². The number of benzene rings is 2. The third kappa shape index (κ3) is 7.02. The first-order chi connectivity index (χ1) is 14.7.